The normalized spacial score (nSPS) is 32.2. The highest BCUT2D eigenvalue weighted by atomic mass is 35.5. The molecule has 0 amide bonds. The molecule has 9 nitrogen and oxygen atoms in total. The number of ether oxygens (including phenoxy) is 1. The van der Waals surface area contributed by atoms with Gasteiger partial charge in [-0.25, -0.2) is 13.4 Å². The number of hydrogen-bond acceptors (Lipinski definition) is 8. The molecular weight excluding hydrogens is 596 g/mol. The van der Waals surface area contributed by atoms with Gasteiger partial charge >= 0.3 is 0 Å². The molecule has 2 aliphatic carbocycles. The number of halogens is 1. The van der Waals surface area contributed by atoms with E-state index < -0.39 is 21.6 Å². The molecule has 2 saturated heterocycles. The van der Waals surface area contributed by atoms with Crippen molar-refractivity contribution in [3.63, 3.8) is 0 Å². The van der Waals surface area contributed by atoms with Crippen molar-refractivity contribution < 1.29 is 13.2 Å². The van der Waals surface area contributed by atoms with Crippen LogP contribution in [-0.4, -0.2) is 60.2 Å². The Labute approximate surface area is 268 Å². The van der Waals surface area contributed by atoms with Crippen LogP contribution in [0.3, 0.4) is 0 Å². The van der Waals surface area contributed by atoms with Crippen LogP contribution in [0.1, 0.15) is 99.1 Å². The zero-order valence-corrected chi connectivity index (χ0v) is 27.8. The van der Waals surface area contributed by atoms with E-state index in [1.54, 1.807) is 12.4 Å². The molecule has 6 atom stereocenters. The molecule has 5 unspecified atom stereocenters. The minimum Gasteiger partial charge on any atom is -0.362 e. The number of nitrogens with one attached hydrogen (secondary N) is 3. The predicted octanol–water partition coefficient (Wildman–Crippen LogP) is 5.33. The first-order valence-electron chi connectivity index (χ1n) is 16.6. The highest BCUT2D eigenvalue weighted by Crippen LogP contribution is 2.35. The van der Waals surface area contributed by atoms with Crippen LogP contribution < -0.4 is 15.4 Å². The average molecular weight is 645 g/mol. The Morgan fingerprint density at radius 3 is 2.57 bits per heavy atom. The van der Waals surface area contributed by atoms with E-state index in [0.29, 0.717) is 43.5 Å². The van der Waals surface area contributed by atoms with E-state index in [4.69, 9.17) is 16.3 Å². The third-order valence-corrected chi connectivity index (χ3v) is 12.4. The molecule has 3 heterocycles. The Morgan fingerprint density at radius 1 is 1.00 bits per heavy atom. The molecule has 4 fully saturated rings. The summed E-state index contributed by atoms with van der Waals surface area (Å²) in [7, 11) is -3.58. The molecular formula is C33H49ClN6O3S. The number of fused-ring (bicyclic) bond motifs is 4. The molecule has 1 aromatic heterocycles. The molecule has 3 N–H and O–H groups in total. The van der Waals surface area contributed by atoms with Crippen molar-refractivity contribution in [3.8, 4) is 0 Å². The highest BCUT2D eigenvalue weighted by molar-refractivity contribution is 7.90. The smallest absolute Gasteiger partial charge is 0.216 e. The Morgan fingerprint density at radius 2 is 1.80 bits per heavy atom. The van der Waals surface area contributed by atoms with E-state index in [-0.39, 0.29) is 24.2 Å². The largest absolute Gasteiger partial charge is 0.362 e. The van der Waals surface area contributed by atoms with Gasteiger partial charge in [-0.05, 0) is 68.1 Å². The molecule has 2 aromatic rings. The molecule has 0 spiro atoms. The van der Waals surface area contributed by atoms with Crippen molar-refractivity contribution in [3.05, 3.63) is 58.1 Å². The second-order valence-corrected chi connectivity index (χ2v) is 16.0. The average Bonchev–Trinajstić information content (AvgIpc) is 2.99. The maximum atomic E-state index is 13.8. The molecule has 11 heteroatoms. The Bertz CT molecular complexity index is 1350. The summed E-state index contributed by atoms with van der Waals surface area (Å²) < 4.78 is 37.5. The number of aryl methyl sites for hydroxylation is 2. The van der Waals surface area contributed by atoms with E-state index in [1.165, 1.54) is 48.8 Å². The maximum Gasteiger partial charge on any atom is 0.216 e. The van der Waals surface area contributed by atoms with Crippen LogP contribution in [-0.2, 0) is 21.3 Å². The summed E-state index contributed by atoms with van der Waals surface area (Å²) in [4.78, 5) is 11.4. The number of nitrogens with zero attached hydrogens (tertiary/aromatic N) is 3. The second-order valence-electron chi connectivity index (χ2n) is 13.7. The maximum absolute atomic E-state index is 13.8. The van der Waals surface area contributed by atoms with Gasteiger partial charge in [0.05, 0.1) is 23.7 Å². The summed E-state index contributed by atoms with van der Waals surface area (Å²) >= 11 is 6.27. The lowest BCUT2D eigenvalue weighted by molar-refractivity contribution is -0.0500. The van der Waals surface area contributed by atoms with Gasteiger partial charge in [0, 0.05) is 37.8 Å². The summed E-state index contributed by atoms with van der Waals surface area (Å²) in [5.41, 5.74) is 4.45. The van der Waals surface area contributed by atoms with Crippen LogP contribution in [0.2, 0.25) is 5.15 Å². The number of benzene rings is 1. The van der Waals surface area contributed by atoms with Gasteiger partial charge in [-0.2, -0.15) is 4.72 Å². The number of aromatic nitrogens is 2. The van der Waals surface area contributed by atoms with Gasteiger partial charge in [0.15, 0.2) is 0 Å². The fourth-order valence-corrected chi connectivity index (χ4v) is 10.0. The molecule has 0 radical (unpaired) electrons. The first-order chi connectivity index (χ1) is 21.2. The summed E-state index contributed by atoms with van der Waals surface area (Å²) in [6.45, 7) is 6.25. The molecule has 6 rings (SSSR count). The standard InChI is InChI=1S/C33H49ClN6O3S/c1-22-8-6-9-23(2)32(22)29-16-31-38-33(37-29)39-44(41,42)28-13-7-12-25(15-28)19-40(20-26-17-35-18-30(34)36-26)27(21-43-31)14-24-10-4-3-5-11-24/h6,8-9,17-18,24-25,27-29,31,33,37-39H,3-5,7,10-16,19-21H2,1-2H3/t25?,27-,28?,29?,31?,33?/m1/s1. The molecule has 2 aliphatic heterocycles. The Hall–Kier alpha value is -1.66. The third kappa shape index (κ3) is 8.00. The van der Waals surface area contributed by atoms with E-state index in [0.717, 1.165) is 31.5 Å². The van der Waals surface area contributed by atoms with Gasteiger partial charge in [0.1, 0.15) is 17.7 Å². The van der Waals surface area contributed by atoms with Crippen molar-refractivity contribution in [1.29, 1.82) is 0 Å². The first-order valence-corrected chi connectivity index (χ1v) is 18.6. The van der Waals surface area contributed by atoms with Crippen molar-refractivity contribution in [2.45, 2.75) is 121 Å². The van der Waals surface area contributed by atoms with E-state index in [2.05, 4.69) is 62.3 Å². The number of rotatable bonds is 5. The zero-order chi connectivity index (χ0) is 30.7. The highest BCUT2D eigenvalue weighted by Gasteiger charge is 2.39. The molecule has 242 valence electrons. The minimum atomic E-state index is -3.58. The molecule has 4 aliphatic rings. The quantitative estimate of drug-likeness (QED) is 0.401. The Kier molecular flexibility index (Phi) is 10.6. The van der Waals surface area contributed by atoms with Crippen LogP contribution in [0.15, 0.2) is 30.6 Å². The summed E-state index contributed by atoms with van der Waals surface area (Å²) in [5.74, 6) is 0.938. The van der Waals surface area contributed by atoms with Crippen molar-refractivity contribution >= 4 is 21.6 Å². The molecule has 2 saturated carbocycles. The van der Waals surface area contributed by atoms with Crippen LogP contribution in [0, 0.1) is 25.7 Å². The fourth-order valence-electron chi connectivity index (χ4n) is 8.19. The fraction of sp³-hybridized carbons (Fsp3) is 0.697. The van der Waals surface area contributed by atoms with Gasteiger partial charge < -0.3 is 4.74 Å². The van der Waals surface area contributed by atoms with E-state index >= 15 is 0 Å². The van der Waals surface area contributed by atoms with Crippen molar-refractivity contribution in [2.75, 3.05) is 13.2 Å². The van der Waals surface area contributed by atoms with Crippen LogP contribution in [0.4, 0.5) is 0 Å². The van der Waals surface area contributed by atoms with Crippen molar-refractivity contribution in [1.82, 2.24) is 30.2 Å². The van der Waals surface area contributed by atoms with Crippen molar-refractivity contribution in [2.24, 2.45) is 11.8 Å². The number of sulfonamides is 1. The Balaban J connectivity index is 1.33. The summed E-state index contributed by atoms with van der Waals surface area (Å²) in [6.07, 6.45) is 13.9. The lowest BCUT2D eigenvalue weighted by Crippen LogP contribution is -2.64. The van der Waals surface area contributed by atoms with Crippen LogP contribution in [0.25, 0.3) is 0 Å². The van der Waals surface area contributed by atoms with Gasteiger partial charge in [-0.3, -0.25) is 20.5 Å². The number of hydrogen-bond donors (Lipinski definition) is 3. The summed E-state index contributed by atoms with van der Waals surface area (Å²) in [5, 5.41) is 7.03. The molecule has 44 heavy (non-hydrogen) atoms. The van der Waals surface area contributed by atoms with E-state index in [1.807, 2.05) is 0 Å². The van der Waals surface area contributed by atoms with Gasteiger partial charge in [-0.15, -0.1) is 0 Å². The summed E-state index contributed by atoms with van der Waals surface area (Å²) in [6, 6.07) is 6.46. The van der Waals surface area contributed by atoms with Gasteiger partial charge in [0.25, 0.3) is 0 Å². The first kappa shape index (κ1) is 32.3. The monoisotopic (exact) mass is 644 g/mol. The van der Waals surface area contributed by atoms with Crippen LogP contribution in [0.5, 0.6) is 0 Å². The minimum absolute atomic E-state index is 0.0472. The lowest BCUT2D eigenvalue weighted by Gasteiger charge is -2.40. The lowest BCUT2D eigenvalue weighted by atomic mass is 9.83. The van der Waals surface area contributed by atoms with Crippen LogP contribution >= 0.6 is 11.6 Å². The SMILES string of the molecule is Cc1cccc(C)c1C1CC2NC(N1)NS(=O)(=O)C1CCCC(C1)CN(Cc1cncc(Cl)n1)[C@H](CC1CCCCC1)CO2. The van der Waals surface area contributed by atoms with E-state index in [9.17, 15) is 8.42 Å². The topological polar surface area (TPSA) is 108 Å². The molecule has 1 aromatic carbocycles. The van der Waals surface area contributed by atoms with Gasteiger partial charge in [-0.1, -0.05) is 68.3 Å². The third-order valence-electron chi connectivity index (χ3n) is 10.4. The predicted molar refractivity (Wildman–Crippen MR) is 173 cm³/mol. The molecule has 4 bridgehead atoms. The second kappa shape index (κ2) is 14.4. The zero-order valence-electron chi connectivity index (χ0n) is 26.2. The van der Waals surface area contributed by atoms with Gasteiger partial charge in [0.2, 0.25) is 10.0 Å².